The Kier molecular flexibility index (Phi) is 9.32. The average molecular weight is 460 g/mol. The molecule has 0 bridgehead atoms. The fourth-order valence-electron chi connectivity index (χ4n) is 3.89. The van der Waals surface area contributed by atoms with E-state index in [1.165, 1.54) is 0 Å². The number of carbonyl (C=O) groups excluding carboxylic acids is 3. The summed E-state index contributed by atoms with van der Waals surface area (Å²) in [5.41, 5.74) is 0.415. The molecule has 1 saturated heterocycles. The first kappa shape index (κ1) is 26.7. The maximum Gasteiger partial charge on any atom is 0.251 e. The first-order valence-electron chi connectivity index (χ1n) is 11.9. The van der Waals surface area contributed by atoms with E-state index in [9.17, 15) is 14.4 Å². The molecule has 3 amide bonds. The SMILES string of the molecule is COc1ccc(C(=O)NC(C(=O)NC(C)C(C)C)C2CCN(C(=O)CC(C)(C)C)CC2)cc1. The lowest BCUT2D eigenvalue weighted by atomic mass is 9.86. The van der Waals surface area contributed by atoms with Gasteiger partial charge in [0.2, 0.25) is 11.8 Å². The molecule has 2 N–H and O–H groups in total. The number of likely N-dealkylation sites (tertiary alicyclic amines) is 1. The molecule has 2 unspecified atom stereocenters. The fraction of sp³-hybridized carbons (Fsp3) is 0.654. The summed E-state index contributed by atoms with van der Waals surface area (Å²) >= 11 is 0. The summed E-state index contributed by atoms with van der Waals surface area (Å²) in [6.07, 6.45) is 1.85. The number of hydrogen-bond donors (Lipinski definition) is 2. The zero-order valence-electron chi connectivity index (χ0n) is 21.2. The van der Waals surface area contributed by atoms with Gasteiger partial charge < -0.3 is 20.3 Å². The monoisotopic (exact) mass is 459 g/mol. The highest BCUT2D eigenvalue weighted by Gasteiger charge is 2.35. The van der Waals surface area contributed by atoms with Crippen LogP contribution in [-0.2, 0) is 9.59 Å². The Hall–Kier alpha value is -2.57. The molecule has 2 rings (SSSR count). The Labute approximate surface area is 198 Å². The molecule has 0 radical (unpaired) electrons. The summed E-state index contributed by atoms with van der Waals surface area (Å²) in [6, 6.07) is 6.17. The minimum atomic E-state index is -0.652. The van der Waals surface area contributed by atoms with Crippen LogP contribution in [0.3, 0.4) is 0 Å². The third-order valence-corrected chi connectivity index (χ3v) is 6.34. The topological polar surface area (TPSA) is 87.7 Å². The minimum Gasteiger partial charge on any atom is -0.497 e. The molecule has 1 heterocycles. The van der Waals surface area contributed by atoms with E-state index in [1.807, 2.05) is 11.8 Å². The van der Waals surface area contributed by atoms with E-state index in [-0.39, 0.29) is 41.0 Å². The molecule has 1 aliphatic rings. The first-order valence-corrected chi connectivity index (χ1v) is 11.9. The van der Waals surface area contributed by atoms with Crippen LogP contribution in [0.1, 0.15) is 71.2 Å². The van der Waals surface area contributed by atoms with Gasteiger partial charge in [0.15, 0.2) is 0 Å². The van der Waals surface area contributed by atoms with E-state index < -0.39 is 6.04 Å². The van der Waals surface area contributed by atoms with Gasteiger partial charge in [-0.25, -0.2) is 0 Å². The Morgan fingerprint density at radius 3 is 2.09 bits per heavy atom. The molecule has 2 atom stereocenters. The lowest BCUT2D eigenvalue weighted by Gasteiger charge is -2.37. The second-order valence-electron chi connectivity index (χ2n) is 10.7. The molecule has 0 saturated carbocycles. The predicted octanol–water partition coefficient (Wildman–Crippen LogP) is 3.63. The highest BCUT2D eigenvalue weighted by Crippen LogP contribution is 2.25. The first-order chi connectivity index (χ1) is 15.4. The molecule has 1 aromatic rings. The van der Waals surface area contributed by atoms with Crippen LogP contribution in [0.2, 0.25) is 0 Å². The highest BCUT2D eigenvalue weighted by atomic mass is 16.5. The van der Waals surface area contributed by atoms with Gasteiger partial charge in [-0.1, -0.05) is 34.6 Å². The van der Waals surface area contributed by atoms with Crippen molar-refractivity contribution in [3.63, 3.8) is 0 Å². The van der Waals surface area contributed by atoms with Gasteiger partial charge in [0.05, 0.1) is 7.11 Å². The number of rotatable bonds is 8. The quantitative estimate of drug-likeness (QED) is 0.621. The number of hydrogen-bond acceptors (Lipinski definition) is 4. The van der Waals surface area contributed by atoms with Crippen molar-refractivity contribution in [3.8, 4) is 5.75 Å². The van der Waals surface area contributed by atoms with Gasteiger partial charge in [0.1, 0.15) is 11.8 Å². The number of nitrogens with one attached hydrogen (secondary N) is 2. The van der Waals surface area contributed by atoms with E-state index in [4.69, 9.17) is 4.74 Å². The van der Waals surface area contributed by atoms with E-state index in [2.05, 4.69) is 45.3 Å². The number of amides is 3. The third kappa shape index (κ3) is 8.06. The van der Waals surface area contributed by atoms with E-state index in [0.717, 1.165) is 0 Å². The smallest absolute Gasteiger partial charge is 0.251 e. The molecule has 7 nitrogen and oxygen atoms in total. The van der Waals surface area contributed by atoms with Crippen LogP contribution in [0, 0.1) is 17.3 Å². The molecule has 0 aliphatic carbocycles. The van der Waals surface area contributed by atoms with E-state index in [1.54, 1.807) is 31.4 Å². The van der Waals surface area contributed by atoms with Gasteiger partial charge in [-0.05, 0) is 61.3 Å². The van der Waals surface area contributed by atoms with Crippen LogP contribution >= 0.6 is 0 Å². The Morgan fingerprint density at radius 1 is 1.03 bits per heavy atom. The number of carbonyl (C=O) groups is 3. The van der Waals surface area contributed by atoms with Crippen LogP contribution < -0.4 is 15.4 Å². The van der Waals surface area contributed by atoms with Crippen LogP contribution in [0.15, 0.2) is 24.3 Å². The number of methoxy groups -OCH3 is 1. The lowest BCUT2D eigenvalue weighted by Crippen LogP contribution is -2.55. The summed E-state index contributed by atoms with van der Waals surface area (Å²) in [7, 11) is 1.57. The Balaban J connectivity index is 2.11. The van der Waals surface area contributed by atoms with Crippen molar-refractivity contribution in [3.05, 3.63) is 29.8 Å². The standard InChI is InChI=1S/C26H41N3O4/c1-17(2)18(3)27-25(32)23(28-24(31)20-8-10-21(33-7)11-9-20)19-12-14-29(15-13-19)22(30)16-26(4,5)6/h8-11,17-19,23H,12-16H2,1-7H3,(H,27,32)(H,28,31). The largest absolute Gasteiger partial charge is 0.497 e. The molecular formula is C26H41N3O4. The molecule has 1 aromatic carbocycles. The lowest BCUT2D eigenvalue weighted by molar-refractivity contribution is -0.134. The van der Waals surface area contributed by atoms with Gasteiger partial charge in [0.25, 0.3) is 5.91 Å². The molecule has 7 heteroatoms. The third-order valence-electron chi connectivity index (χ3n) is 6.34. The Bertz CT molecular complexity index is 806. The van der Waals surface area contributed by atoms with Crippen molar-refractivity contribution in [2.75, 3.05) is 20.2 Å². The molecule has 1 aliphatic heterocycles. The van der Waals surface area contributed by atoms with Crippen molar-refractivity contribution in [1.29, 1.82) is 0 Å². The van der Waals surface area contributed by atoms with Crippen molar-refractivity contribution < 1.29 is 19.1 Å². The maximum absolute atomic E-state index is 13.2. The van der Waals surface area contributed by atoms with Crippen molar-refractivity contribution in [2.24, 2.45) is 17.3 Å². The summed E-state index contributed by atoms with van der Waals surface area (Å²) < 4.78 is 5.16. The van der Waals surface area contributed by atoms with Crippen LogP contribution in [0.25, 0.3) is 0 Å². The van der Waals surface area contributed by atoms with Crippen LogP contribution in [-0.4, -0.2) is 54.9 Å². The Morgan fingerprint density at radius 2 is 1.61 bits per heavy atom. The number of benzene rings is 1. The second-order valence-corrected chi connectivity index (χ2v) is 10.7. The fourth-order valence-corrected chi connectivity index (χ4v) is 3.89. The van der Waals surface area contributed by atoms with Gasteiger partial charge in [0, 0.05) is 31.1 Å². The van der Waals surface area contributed by atoms with Gasteiger partial charge in [-0.3, -0.25) is 14.4 Å². The zero-order chi connectivity index (χ0) is 24.8. The van der Waals surface area contributed by atoms with E-state index in [0.29, 0.717) is 43.7 Å². The average Bonchev–Trinajstić information content (AvgIpc) is 2.76. The normalized spacial score (nSPS) is 16.8. The number of nitrogens with zero attached hydrogens (tertiary/aromatic N) is 1. The van der Waals surface area contributed by atoms with Crippen molar-refractivity contribution in [1.82, 2.24) is 15.5 Å². The summed E-state index contributed by atoms with van der Waals surface area (Å²) in [4.78, 5) is 40.7. The number of piperidine rings is 1. The molecule has 0 aromatic heterocycles. The van der Waals surface area contributed by atoms with Gasteiger partial charge in [-0.2, -0.15) is 0 Å². The van der Waals surface area contributed by atoms with Crippen molar-refractivity contribution in [2.45, 2.75) is 72.9 Å². The van der Waals surface area contributed by atoms with Crippen molar-refractivity contribution >= 4 is 17.7 Å². The molecule has 1 fully saturated rings. The molecule has 0 spiro atoms. The second kappa shape index (κ2) is 11.5. The predicted molar refractivity (Wildman–Crippen MR) is 130 cm³/mol. The maximum atomic E-state index is 13.2. The van der Waals surface area contributed by atoms with Crippen LogP contribution in [0.5, 0.6) is 5.75 Å². The minimum absolute atomic E-state index is 0.00802. The number of ether oxygens (including phenoxy) is 1. The van der Waals surface area contributed by atoms with Gasteiger partial charge in [-0.15, -0.1) is 0 Å². The summed E-state index contributed by atoms with van der Waals surface area (Å²) in [5.74, 6) is 0.601. The van der Waals surface area contributed by atoms with Crippen LogP contribution in [0.4, 0.5) is 0 Å². The molecule has 184 valence electrons. The van der Waals surface area contributed by atoms with E-state index >= 15 is 0 Å². The zero-order valence-corrected chi connectivity index (χ0v) is 21.2. The van der Waals surface area contributed by atoms with Gasteiger partial charge >= 0.3 is 0 Å². The summed E-state index contributed by atoms with van der Waals surface area (Å²) in [6.45, 7) is 13.4. The molecule has 33 heavy (non-hydrogen) atoms. The molecular weight excluding hydrogens is 418 g/mol. The summed E-state index contributed by atoms with van der Waals surface area (Å²) in [5, 5.41) is 6.03. The highest BCUT2D eigenvalue weighted by molar-refractivity contribution is 5.97.